The van der Waals surface area contributed by atoms with Crippen molar-refractivity contribution in [2.45, 2.75) is 31.7 Å². The van der Waals surface area contributed by atoms with Crippen molar-refractivity contribution in [3.63, 3.8) is 0 Å². The maximum atomic E-state index is 12.4. The highest BCUT2D eigenvalue weighted by molar-refractivity contribution is 5.85. The Morgan fingerprint density at radius 2 is 1.67 bits per heavy atom. The zero-order valence-electron chi connectivity index (χ0n) is 13.7. The van der Waals surface area contributed by atoms with Crippen molar-refractivity contribution < 1.29 is 4.79 Å². The van der Waals surface area contributed by atoms with Crippen molar-refractivity contribution >= 4 is 16.7 Å². The van der Waals surface area contributed by atoms with E-state index in [1.165, 1.54) is 21.9 Å². The fraction of sp³-hybridized carbons (Fsp3) is 0.227. The van der Waals surface area contributed by atoms with Gasteiger partial charge >= 0.3 is 0 Å². The fourth-order valence-electron chi connectivity index (χ4n) is 3.63. The van der Waals surface area contributed by atoms with Gasteiger partial charge in [0.2, 0.25) is 5.91 Å². The van der Waals surface area contributed by atoms with Gasteiger partial charge in [-0.15, -0.1) is 0 Å². The number of nitrogens with one attached hydrogen (secondary N) is 1. The van der Waals surface area contributed by atoms with Gasteiger partial charge in [-0.25, -0.2) is 0 Å². The smallest absolute Gasteiger partial charge is 0.224 e. The lowest BCUT2D eigenvalue weighted by molar-refractivity contribution is -0.121. The molecule has 2 nitrogen and oxygen atoms in total. The Morgan fingerprint density at radius 3 is 2.54 bits per heavy atom. The first-order valence-corrected chi connectivity index (χ1v) is 8.62. The van der Waals surface area contributed by atoms with Crippen molar-refractivity contribution in [2.75, 3.05) is 0 Å². The van der Waals surface area contributed by atoms with Crippen LogP contribution >= 0.6 is 0 Å². The van der Waals surface area contributed by atoms with Crippen LogP contribution in [-0.2, 0) is 24.1 Å². The fourth-order valence-corrected chi connectivity index (χ4v) is 3.63. The van der Waals surface area contributed by atoms with E-state index >= 15 is 0 Å². The van der Waals surface area contributed by atoms with E-state index in [1.807, 2.05) is 12.1 Å². The number of carbonyl (C=O) groups excluding carboxylic acids is 1. The number of amides is 1. The second-order valence-corrected chi connectivity index (χ2v) is 6.63. The molecule has 0 aromatic heterocycles. The Kier molecular flexibility index (Phi) is 4.04. The summed E-state index contributed by atoms with van der Waals surface area (Å²) in [6.45, 7) is 0. The second-order valence-electron chi connectivity index (χ2n) is 6.63. The zero-order chi connectivity index (χ0) is 16.4. The van der Waals surface area contributed by atoms with Crippen LogP contribution in [0.1, 0.15) is 23.1 Å². The minimum Gasteiger partial charge on any atom is -0.353 e. The van der Waals surface area contributed by atoms with E-state index in [0.29, 0.717) is 6.42 Å². The number of hydrogen-bond donors (Lipinski definition) is 1. The number of hydrogen-bond acceptors (Lipinski definition) is 1. The van der Waals surface area contributed by atoms with Crippen LogP contribution in [0.15, 0.2) is 66.7 Å². The van der Waals surface area contributed by atoms with Crippen LogP contribution < -0.4 is 5.32 Å². The summed E-state index contributed by atoms with van der Waals surface area (Å²) in [4.78, 5) is 12.4. The minimum absolute atomic E-state index is 0.120. The Bertz CT molecular complexity index is 884. The van der Waals surface area contributed by atoms with Crippen molar-refractivity contribution in [3.8, 4) is 0 Å². The number of fused-ring (bicyclic) bond motifs is 2. The van der Waals surface area contributed by atoms with Crippen molar-refractivity contribution in [1.82, 2.24) is 5.32 Å². The third-order valence-electron chi connectivity index (χ3n) is 4.89. The zero-order valence-corrected chi connectivity index (χ0v) is 13.7. The maximum absolute atomic E-state index is 12.4. The molecule has 0 bridgehead atoms. The van der Waals surface area contributed by atoms with Gasteiger partial charge in [0.1, 0.15) is 0 Å². The summed E-state index contributed by atoms with van der Waals surface area (Å²) >= 11 is 0. The van der Waals surface area contributed by atoms with E-state index in [1.54, 1.807) is 0 Å². The Hall–Kier alpha value is -2.61. The highest BCUT2D eigenvalue weighted by atomic mass is 16.1. The molecule has 1 aliphatic rings. The van der Waals surface area contributed by atoms with Crippen LogP contribution in [0.3, 0.4) is 0 Å². The summed E-state index contributed by atoms with van der Waals surface area (Å²) in [7, 11) is 0. The first kappa shape index (κ1) is 14.9. The molecule has 1 atom stereocenters. The molecule has 120 valence electrons. The summed E-state index contributed by atoms with van der Waals surface area (Å²) in [5.41, 5.74) is 3.87. The molecule has 0 saturated carbocycles. The normalized spacial score (nSPS) is 16.6. The number of carbonyl (C=O) groups is 1. The monoisotopic (exact) mass is 315 g/mol. The highest BCUT2D eigenvalue weighted by Gasteiger charge is 2.19. The SMILES string of the molecule is O=C(Cc1ccc2ccccc2c1)N[C@H]1CCc2ccccc2C1. The number of aryl methyl sites for hydroxylation is 1. The van der Waals surface area contributed by atoms with Gasteiger partial charge in [-0.1, -0.05) is 66.7 Å². The van der Waals surface area contributed by atoms with E-state index in [2.05, 4.69) is 59.9 Å². The molecule has 1 N–H and O–H groups in total. The number of benzene rings is 3. The largest absolute Gasteiger partial charge is 0.353 e. The molecule has 0 heterocycles. The van der Waals surface area contributed by atoms with Crippen LogP contribution in [0.5, 0.6) is 0 Å². The van der Waals surface area contributed by atoms with Gasteiger partial charge in [0.25, 0.3) is 0 Å². The topological polar surface area (TPSA) is 29.1 Å². The molecule has 0 radical (unpaired) electrons. The lowest BCUT2D eigenvalue weighted by Crippen LogP contribution is -2.39. The molecule has 2 heteroatoms. The predicted molar refractivity (Wildman–Crippen MR) is 98.0 cm³/mol. The van der Waals surface area contributed by atoms with Crippen LogP contribution in [0.4, 0.5) is 0 Å². The molecule has 3 aromatic carbocycles. The minimum atomic E-state index is 0.120. The van der Waals surface area contributed by atoms with Gasteiger partial charge in [-0.2, -0.15) is 0 Å². The van der Waals surface area contributed by atoms with E-state index in [-0.39, 0.29) is 11.9 Å². The molecule has 0 fully saturated rings. The van der Waals surface area contributed by atoms with Crippen molar-refractivity contribution in [3.05, 3.63) is 83.4 Å². The molecular weight excluding hydrogens is 294 g/mol. The van der Waals surface area contributed by atoms with Crippen LogP contribution in [0.2, 0.25) is 0 Å². The van der Waals surface area contributed by atoms with Gasteiger partial charge in [0.15, 0.2) is 0 Å². The maximum Gasteiger partial charge on any atom is 0.224 e. The van der Waals surface area contributed by atoms with Gasteiger partial charge < -0.3 is 5.32 Å². The second kappa shape index (κ2) is 6.48. The van der Waals surface area contributed by atoms with Crippen LogP contribution in [-0.4, -0.2) is 11.9 Å². The van der Waals surface area contributed by atoms with Gasteiger partial charge in [-0.3, -0.25) is 4.79 Å². The summed E-state index contributed by atoms with van der Waals surface area (Å²) in [5.74, 6) is 0.120. The summed E-state index contributed by atoms with van der Waals surface area (Å²) in [6.07, 6.45) is 3.47. The van der Waals surface area contributed by atoms with Gasteiger partial charge in [-0.05, 0) is 46.7 Å². The van der Waals surface area contributed by atoms with Crippen LogP contribution in [0.25, 0.3) is 10.8 Å². The molecule has 3 aromatic rings. The lowest BCUT2D eigenvalue weighted by atomic mass is 9.88. The lowest BCUT2D eigenvalue weighted by Gasteiger charge is -2.25. The average Bonchev–Trinajstić information content (AvgIpc) is 2.61. The Morgan fingerprint density at radius 1 is 0.917 bits per heavy atom. The van der Waals surface area contributed by atoms with Gasteiger partial charge in [0, 0.05) is 6.04 Å². The Balaban J connectivity index is 1.41. The quantitative estimate of drug-likeness (QED) is 0.776. The van der Waals surface area contributed by atoms with E-state index in [0.717, 1.165) is 24.8 Å². The molecule has 4 rings (SSSR count). The predicted octanol–water partition coefficient (Wildman–Crippen LogP) is 4.06. The molecule has 1 amide bonds. The summed E-state index contributed by atoms with van der Waals surface area (Å²) < 4.78 is 0. The first-order valence-electron chi connectivity index (χ1n) is 8.62. The number of rotatable bonds is 3. The van der Waals surface area contributed by atoms with E-state index in [4.69, 9.17) is 0 Å². The third kappa shape index (κ3) is 3.18. The van der Waals surface area contributed by atoms with Crippen molar-refractivity contribution in [1.29, 1.82) is 0 Å². The molecule has 0 saturated heterocycles. The Labute approximate surface area is 142 Å². The van der Waals surface area contributed by atoms with Crippen molar-refractivity contribution in [2.24, 2.45) is 0 Å². The molecule has 0 unspecified atom stereocenters. The first-order chi connectivity index (χ1) is 11.8. The molecule has 1 aliphatic carbocycles. The molecule has 0 spiro atoms. The standard InChI is InChI=1S/C22H21NO/c24-22(14-16-9-10-17-5-1-3-7-19(17)13-16)23-21-12-11-18-6-2-4-8-20(18)15-21/h1-10,13,21H,11-12,14-15H2,(H,23,24)/t21-/m0/s1. The average molecular weight is 315 g/mol. The highest BCUT2D eigenvalue weighted by Crippen LogP contribution is 2.21. The molecule has 24 heavy (non-hydrogen) atoms. The molecular formula is C22H21NO. The third-order valence-corrected chi connectivity index (χ3v) is 4.89. The van der Waals surface area contributed by atoms with Gasteiger partial charge in [0.05, 0.1) is 6.42 Å². The van der Waals surface area contributed by atoms with Crippen LogP contribution in [0, 0.1) is 0 Å². The van der Waals surface area contributed by atoms with E-state index < -0.39 is 0 Å². The summed E-state index contributed by atoms with van der Waals surface area (Å²) in [6, 6.07) is 23.3. The molecule has 0 aliphatic heterocycles. The van der Waals surface area contributed by atoms with E-state index in [9.17, 15) is 4.79 Å². The summed E-state index contributed by atoms with van der Waals surface area (Å²) in [5, 5.41) is 5.62.